The molecule has 1 saturated heterocycles. The highest BCUT2D eigenvalue weighted by Gasteiger charge is 2.20. The number of rotatable bonds is 8. The molecule has 7 nitrogen and oxygen atoms in total. The molecule has 1 aliphatic rings. The predicted octanol–water partition coefficient (Wildman–Crippen LogP) is 3.28. The second-order valence-electron chi connectivity index (χ2n) is 7.92. The van der Waals surface area contributed by atoms with Crippen LogP contribution in [0.2, 0.25) is 0 Å². The lowest BCUT2D eigenvalue weighted by Crippen LogP contribution is -2.22. The molecule has 1 aliphatic heterocycles. The SMILES string of the molecule is CC(C)CC(=O)Nc1ccc(Cc2ncc(CC(=O)O)c(N3CCCC3)n2)cc1. The molecule has 0 atom stereocenters. The Morgan fingerprint density at radius 3 is 2.48 bits per heavy atom. The van der Waals surface area contributed by atoms with Crippen molar-refractivity contribution in [2.24, 2.45) is 5.92 Å². The van der Waals surface area contributed by atoms with Gasteiger partial charge in [0.05, 0.1) is 6.42 Å². The Kier molecular flexibility index (Phi) is 6.80. The van der Waals surface area contributed by atoms with Crippen molar-refractivity contribution >= 4 is 23.4 Å². The molecule has 2 aromatic rings. The van der Waals surface area contributed by atoms with E-state index in [0.717, 1.165) is 43.0 Å². The summed E-state index contributed by atoms with van der Waals surface area (Å²) in [5, 5.41) is 12.1. The third-order valence-electron chi connectivity index (χ3n) is 4.83. The van der Waals surface area contributed by atoms with Crippen LogP contribution in [0.1, 0.15) is 50.1 Å². The summed E-state index contributed by atoms with van der Waals surface area (Å²) < 4.78 is 0. The van der Waals surface area contributed by atoms with E-state index in [4.69, 9.17) is 0 Å². The van der Waals surface area contributed by atoms with Crippen LogP contribution in [0.25, 0.3) is 0 Å². The van der Waals surface area contributed by atoms with Crippen LogP contribution in [-0.4, -0.2) is 40.0 Å². The van der Waals surface area contributed by atoms with Crippen molar-refractivity contribution in [2.45, 2.75) is 46.0 Å². The van der Waals surface area contributed by atoms with Gasteiger partial charge in [0.1, 0.15) is 11.6 Å². The Bertz CT molecular complexity index is 859. The molecule has 0 saturated carbocycles. The highest BCUT2D eigenvalue weighted by molar-refractivity contribution is 5.90. The number of amides is 1. The molecule has 29 heavy (non-hydrogen) atoms. The molecule has 1 amide bonds. The van der Waals surface area contributed by atoms with E-state index in [1.165, 1.54) is 0 Å². The lowest BCUT2D eigenvalue weighted by atomic mass is 10.1. The number of hydrogen-bond acceptors (Lipinski definition) is 5. The Balaban J connectivity index is 1.71. The summed E-state index contributed by atoms with van der Waals surface area (Å²) in [7, 11) is 0. The average molecular weight is 396 g/mol. The van der Waals surface area contributed by atoms with Crippen molar-refractivity contribution < 1.29 is 14.7 Å². The number of hydrogen-bond donors (Lipinski definition) is 2. The van der Waals surface area contributed by atoms with Crippen LogP contribution in [-0.2, 0) is 22.4 Å². The molecule has 0 radical (unpaired) electrons. The van der Waals surface area contributed by atoms with Gasteiger partial charge in [-0.15, -0.1) is 0 Å². The molecule has 154 valence electrons. The minimum absolute atomic E-state index is 0.0142. The number of nitrogens with one attached hydrogen (secondary N) is 1. The van der Waals surface area contributed by atoms with Crippen molar-refractivity contribution in [3.05, 3.63) is 47.4 Å². The van der Waals surface area contributed by atoms with E-state index in [2.05, 4.69) is 20.2 Å². The molecule has 1 fully saturated rings. The summed E-state index contributed by atoms with van der Waals surface area (Å²) in [6.07, 6.45) is 4.80. The van der Waals surface area contributed by atoms with Gasteiger partial charge in [-0.1, -0.05) is 26.0 Å². The van der Waals surface area contributed by atoms with Crippen LogP contribution >= 0.6 is 0 Å². The Labute approximate surface area is 171 Å². The van der Waals surface area contributed by atoms with E-state index >= 15 is 0 Å². The third kappa shape index (κ3) is 6.01. The first-order chi connectivity index (χ1) is 13.9. The average Bonchev–Trinajstić information content (AvgIpc) is 3.18. The molecular formula is C22H28N4O3. The van der Waals surface area contributed by atoms with Gasteiger partial charge in [-0.05, 0) is 36.5 Å². The standard InChI is InChI=1S/C22H28N4O3/c1-15(2)11-20(27)24-18-7-5-16(6-8-18)12-19-23-14-17(13-21(28)29)22(25-19)26-9-3-4-10-26/h5-8,14-15H,3-4,9-13H2,1-2H3,(H,24,27)(H,28,29). The van der Waals surface area contributed by atoms with Gasteiger partial charge in [0.25, 0.3) is 0 Å². The van der Waals surface area contributed by atoms with Gasteiger partial charge >= 0.3 is 5.97 Å². The molecule has 0 spiro atoms. The third-order valence-corrected chi connectivity index (χ3v) is 4.83. The number of aliphatic carboxylic acids is 1. The number of benzene rings is 1. The van der Waals surface area contributed by atoms with Crippen LogP contribution in [0.5, 0.6) is 0 Å². The van der Waals surface area contributed by atoms with Crippen molar-refractivity contribution in [1.82, 2.24) is 9.97 Å². The summed E-state index contributed by atoms with van der Waals surface area (Å²) >= 11 is 0. The Hall–Kier alpha value is -2.96. The maximum atomic E-state index is 11.9. The summed E-state index contributed by atoms with van der Waals surface area (Å²) in [4.78, 5) is 34.3. The second-order valence-corrected chi connectivity index (χ2v) is 7.92. The van der Waals surface area contributed by atoms with Crippen molar-refractivity contribution in [1.29, 1.82) is 0 Å². The zero-order chi connectivity index (χ0) is 20.8. The quantitative estimate of drug-likeness (QED) is 0.711. The van der Waals surface area contributed by atoms with E-state index in [-0.39, 0.29) is 12.3 Å². The van der Waals surface area contributed by atoms with Crippen LogP contribution in [0, 0.1) is 5.92 Å². The van der Waals surface area contributed by atoms with Gasteiger partial charge < -0.3 is 15.3 Å². The minimum atomic E-state index is -0.878. The zero-order valence-corrected chi connectivity index (χ0v) is 17.0. The summed E-state index contributed by atoms with van der Waals surface area (Å²) in [6.45, 7) is 5.82. The maximum Gasteiger partial charge on any atom is 0.308 e. The fourth-order valence-electron chi connectivity index (χ4n) is 3.48. The molecule has 7 heteroatoms. The number of carbonyl (C=O) groups is 2. The smallest absolute Gasteiger partial charge is 0.308 e. The molecular weight excluding hydrogens is 368 g/mol. The summed E-state index contributed by atoms with van der Waals surface area (Å²) in [6, 6.07) is 7.67. The van der Waals surface area contributed by atoms with E-state index in [0.29, 0.717) is 30.1 Å². The number of carbonyl (C=O) groups excluding carboxylic acids is 1. The molecule has 2 N–H and O–H groups in total. The Morgan fingerprint density at radius 2 is 1.86 bits per heavy atom. The van der Waals surface area contributed by atoms with E-state index in [9.17, 15) is 14.7 Å². The fraction of sp³-hybridized carbons (Fsp3) is 0.455. The Morgan fingerprint density at radius 1 is 1.17 bits per heavy atom. The topological polar surface area (TPSA) is 95.4 Å². The molecule has 1 aromatic heterocycles. The molecule has 0 unspecified atom stereocenters. The first-order valence-electron chi connectivity index (χ1n) is 10.1. The molecule has 3 rings (SSSR count). The number of nitrogens with zero attached hydrogens (tertiary/aromatic N) is 3. The van der Waals surface area contributed by atoms with Crippen molar-refractivity contribution in [2.75, 3.05) is 23.3 Å². The lowest BCUT2D eigenvalue weighted by molar-refractivity contribution is -0.136. The van der Waals surface area contributed by atoms with Crippen molar-refractivity contribution in [3.8, 4) is 0 Å². The first-order valence-corrected chi connectivity index (χ1v) is 10.1. The monoisotopic (exact) mass is 396 g/mol. The largest absolute Gasteiger partial charge is 0.481 e. The van der Waals surface area contributed by atoms with Crippen LogP contribution in [0.15, 0.2) is 30.5 Å². The van der Waals surface area contributed by atoms with Gasteiger partial charge in [-0.3, -0.25) is 9.59 Å². The fourth-order valence-corrected chi connectivity index (χ4v) is 3.48. The number of aromatic nitrogens is 2. The van der Waals surface area contributed by atoms with Crippen LogP contribution in [0.3, 0.4) is 0 Å². The zero-order valence-electron chi connectivity index (χ0n) is 17.0. The van der Waals surface area contributed by atoms with Gasteiger partial charge in [0.15, 0.2) is 0 Å². The summed E-state index contributed by atoms with van der Waals surface area (Å²) in [5.41, 5.74) is 2.46. The molecule has 0 aliphatic carbocycles. The number of anilines is 2. The molecule has 2 heterocycles. The molecule has 1 aromatic carbocycles. The second kappa shape index (κ2) is 9.49. The number of carboxylic acid groups (broad SMARTS) is 1. The van der Waals surface area contributed by atoms with Gasteiger partial charge in [-0.2, -0.15) is 0 Å². The van der Waals surface area contributed by atoms with E-state index in [1.54, 1.807) is 6.20 Å². The van der Waals surface area contributed by atoms with Crippen LogP contribution < -0.4 is 10.2 Å². The highest BCUT2D eigenvalue weighted by Crippen LogP contribution is 2.23. The normalized spacial score (nSPS) is 13.7. The van der Waals surface area contributed by atoms with Gasteiger partial charge in [-0.25, -0.2) is 9.97 Å². The van der Waals surface area contributed by atoms with E-state index in [1.807, 2.05) is 38.1 Å². The van der Waals surface area contributed by atoms with Crippen molar-refractivity contribution in [3.63, 3.8) is 0 Å². The van der Waals surface area contributed by atoms with Gasteiger partial charge in [0, 0.05) is 43.4 Å². The minimum Gasteiger partial charge on any atom is -0.481 e. The first kappa shape index (κ1) is 20.8. The number of carboxylic acids is 1. The highest BCUT2D eigenvalue weighted by atomic mass is 16.4. The van der Waals surface area contributed by atoms with E-state index < -0.39 is 5.97 Å². The predicted molar refractivity (Wildman–Crippen MR) is 112 cm³/mol. The van der Waals surface area contributed by atoms with Gasteiger partial charge in [0.2, 0.25) is 5.91 Å². The molecule has 0 bridgehead atoms. The maximum absolute atomic E-state index is 11.9. The van der Waals surface area contributed by atoms with Crippen LogP contribution in [0.4, 0.5) is 11.5 Å². The lowest BCUT2D eigenvalue weighted by Gasteiger charge is -2.20. The summed E-state index contributed by atoms with van der Waals surface area (Å²) in [5.74, 6) is 0.864.